The number of nitrogens with zero attached hydrogens (tertiary/aromatic N) is 1. The van der Waals surface area contributed by atoms with Crippen molar-refractivity contribution in [1.82, 2.24) is 10.3 Å². The summed E-state index contributed by atoms with van der Waals surface area (Å²) in [5.74, 6) is 0.861. The Labute approximate surface area is 117 Å². The molecule has 1 aliphatic heterocycles. The lowest BCUT2D eigenvalue weighted by Crippen LogP contribution is -2.23. The summed E-state index contributed by atoms with van der Waals surface area (Å²) in [6.07, 6.45) is 5.32. The number of pyridine rings is 1. The molecule has 0 saturated carbocycles. The van der Waals surface area contributed by atoms with Crippen LogP contribution in [0.25, 0.3) is 10.9 Å². The smallest absolute Gasteiger partial charge is 0.121 e. The molecule has 0 spiro atoms. The van der Waals surface area contributed by atoms with E-state index in [0.717, 1.165) is 41.2 Å². The number of hydrogen-bond donors (Lipinski definition) is 1. The maximum atomic E-state index is 6.11. The first-order chi connectivity index (χ1) is 9.33. The van der Waals surface area contributed by atoms with E-state index in [0.29, 0.717) is 6.04 Å². The number of ether oxygens (including phenoxy) is 1. The Hall–Kier alpha value is -1.32. The van der Waals surface area contributed by atoms with Crippen molar-refractivity contribution >= 4 is 22.5 Å². The molecule has 0 amide bonds. The van der Waals surface area contributed by atoms with Crippen LogP contribution in [0, 0.1) is 0 Å². The van der Waals surface area contributed by atoms with Gasteiger partial charge in [0.2, 0.25) is 0 Å². The van der Waals surface area contributed by atoms with Crippen LogP contribution in [0.15, 0.2) is 30.5 Å². The van der Waals surface area contributed by atoms with Gasteiger partial charge in [0.05, 0.1) is 17.1 Å². The van der Waals surface area contributed by atoms with E-state index in [4.69, 9.17) is 16.3 Å². The van der Waals surface area contributed by atoms with Crippen molar-refractivity contribution in [2.45, 2.75) is 25.3 Å². The summed E-state index contributed by atoms with van der Waals surface area (Å²) in [4.78, 5) is 4.31. The summed E-state index contributed by atoms with van der Waals surface area (Å²) >= 11 is 6.11. The van der Waals surface area contributed by atoms with Gasteiger partial charge < -0.3 is 10.1 Å². The van der Waals surface area contributed by atoms with Gasteiger partial charge >= 0.3 is 0 Å². The summed E-state index contributed by atoms with van der Waals surface area (Å²) in [5.41, 5.74) is 0.879. The van der Waals surface area contributed by atoms with Gasteiger partial charge in [-0.1, -0.05) is 11.6 Å². The summed E-state index contributed by atoms with van der Waals surface area (Å²) in [6.45, 7) is 1.88. The molecule has 1 aromatic carbocycles. The Morgan fingerprint density at radius 1 is 1.37 bits per heavy atom. The highest BCUT2D eigenvalue weighted by molar-refractivity contribution is 6.35. The van der Waals surface area contributed by atoms with E-state index in [1.54, 1.807) is 12.3 Å². The van der Waals surface area contributed by atoms with Gasteiger partial charge in [0.25, 0.3) is 0 Å². The van der Waals surface area contributed by atoms with E-state index >= 15 is 0 Å². The van der Waals surface area contributed by atoms with Gasteiger partial charge in [-0.2, -0.15) is 0 Å². The van der Waals surface area contributed by atoms with Gasteiger partial charge in [-0.15, -0.1) is 0 Å². The van der Waals surface area contributed by atoms with Crippen LogP contribution in [0.5, 0.6) is 5.75 Å². The van der Waals surface area contributed by atoms with Crippen molar-refractivity contribution in [2.24, 2.45) is 0 Å². The molecule has 3 rings (SSSR count). The molecule has 2 aromatic rings. The van der Waals surface area contributed by atoms with Gasteiger partial charge in [0, 0.05) is 23.7 Å². The van der Waals surface area contributed by atoms with E-state index in [9.17, 15) is 0 Å². The van der Waals surface area contributed by atoms with Crippen LogP contribution < -0.4 is 10.1 Å². The third-order valence-electron chi connectivity index (χ3n) is 3.56. The standard InChI is InChI=1S/C15H17ClN2O/c16-14-5-8-18-15-10-12(3-4-13(14)15)19-9-6-11-2-1-7-17-11/h3-5,8,10-11,17H,1-2,6-7,9H2. The van der Waals surface area contributed by atoms with Crippen molar-refractivity contribution in [1.29, 1.82) is 0 Å². The minimum Gasteiger partial charge on any atom is -0.493 e. The molecular formula is C15H17ClN2O. The van der Waals surface area contributed by atoms with Crippen LogP contribution in [0.1, 0.15) is 19.3 Å². The molecule has 1 atom stereocenters. The molecule has 1 fully saturated rings. The zero-order valence-electron chi connectivity index (χ0n) is 10.7. The van der Waals surface area contributed by atoms with Crippen molar-refractivity contribution in [3.8, 4) is 5.75 Å². The molecule has 2 heterocycles. The van der Waals surface area contributed by atoms with E-state index in [2.05, 4.69) is 10.3 Å². The SMILES string of the molecule is Clc1ccnc2cc(OCCC3CCCN3)ccc12. The van der Waals surface area contributed by atoms with E-state index in [-0.39, 0.29) is 0 Å². The average Bonchev–Trinajstić information content (AvgIpc) is 2.92. The molecule has 1 N–H and O–H groups in total. The van der Waals surface area contributed by atoms with Crippen LogP contribution in [-0.4, -0.2) is 24.2 Å². The second kappa shape index (κ2) is 5.76. The number of hydrogen-bond acceptors (Lipinski definition) is 3. The minimum atomic E-state index is 0.619. The topological polar surface area (TPSA) is 34.1 Å². The van der Waals surface area contributed by atoms with Crippen molar-refractivity contribution in [3.63, 3.8) is 0 Å². The number of fused-ring (bicyclic) bond motifs is 1. The fraction of sp³-hybridized carbons (Fsp3) is 0.400. The summed E-state index contributed by atoms with van der Waals surface area (Å²) in [5, 5.41) is 5.17. The summed E-state index contributed by atoms with van der Waals surface area (Å²) in [6, 6.07) is 8.29. The van der Waals surface area contributed by atoms with E-state index < -0.39 is 0 Å². The van der Waals surface area contributed by atoms with Crippen LogP contribution in [0.4, 0.5) is 0 Å². The molecule has 1 saturated heterocycles. The molecule has 0 bridgehead atoms. The maximum absolute atomic E-state index is 6.11. The molecule has 100 valence electrons. The Morgan fingerprint density at radius 2 is 2.32 bits per heavy atom. The van der Waals surface area contributed by atoms with Crippen LogP contribution >= 0.6 is 11.6 Å². The van der Waals surface area contributed by atoms with E-state index in [1.807, 2.05) is 18.2 Å². The van der Waals surface area contributed by atoms with Crippen LogP contribution in [0.3, 0.4) is 0 Å². The lowest BCUT2D eigenvalue weighted by Gasteiger charge is -2.11. The monoisotopic (exact) mass is 276 g/mol. The number of aromatic nitrogens is 1. The quantitative estimate of drug-likeness (QED) is 0.929. The number of halogens is 1. The molecule has 0 aliphatic carbocycles. The van der Waals surface area contributed by atoms with Crippen molar-refractivity contribution in [3.05, 3.63) is 35.5 Å². The molecule has 19 heavy (non-hydrogen) atoms. The first-order valence-electron chi connectivity index (χ1n) is 6.73. The average molecular weight is 277 g/mol. The lowest BCUT2D eigenvalue weighted by molar-refractivity contribution is 0.292. The second-order valence-corrected chi connectivity index (χ2v) is 5.31. The predicted molar refractivity (Wildman–Crippen MR) is 77.9 cm³/mol. The normalized spacial score (nSPS) is 18.9. The Bertz CT molecular complexity index is 567. The molecule has 1 aromatic heterocycles. The Morgan fingerprint density at radius 3 is 3.16 bits per heavy atom. The predicted octanol–water partition coefficient (Wildman–Crippen LogP) is 3.41. The number of rotatable bonds is 4. The Kier molecular flexibility index (Phi) is 3.85. The number of benzene rings is 1. The van der Waals surface area contributed by atoms with E-state index in [1.165, 1.54) is 12.8 Å². The largest absolute Gasteiger partial charge is 0.493 e. The fourth-order valence-electron chi connectivity index (χ4n) is 2.50. The molecular weight excluding hydrogens is 260 g/mol. The van der Waals surface area contributed by atoms with Gasteiger partial charge in [0.1, 0.15) is 5.75 Å². The summed E-state index contributed by atoms with van der Waals surface area (Å²) < 4.78 is 5.79. The highest BCUT2D eigenvalue weighted by Gasteiger charge is 2.13. The lowest BCUT2D eigenvalue weighted by atomic mass is 10.2. The highest BCUT2D eigenvalue weighted by Crippen LogP contribution is 2.25. The van der Waals surface area contributed by atoms with Gasteiger partial charge in [0.15, 0.2) is 0 Å². The maximum Gasteiger partial charge on any atom is 0.121 e. The molecule has 3 nitrogen and oxygen atoms in total. The highest BCUT2D eigenvalue weighted by atomic mass is 35.5. The Balaban J connectivity index is 1.64. The second-order valence-electron chi connectivity index (χ2n) is 4.90. The van der Waals surface area contributed by atoms with Crippen molar-refractivity contribution < 1.29 is 4.74 Å². The minimum absolute atomic E-state index is 0.619. The van der Waals surface area contributed by atoms with Crippen LogP contribution in [0.2, 0.25) is 5.02 Å². The zero-order chi connectivity index (χ0) is 13.1. The first kappa shape index (κ1) is 12.7. The molecule has 1 unspecified atom stereocenters. The van der Waals surface area contributed by atoms with Gasteiger partial charge in [-0.3, -0.25) is 4.98 Å². The molecule has 0 radical (unpaired) electrons. The van der Waals surface area contributed by atoms with Crippen molar-refractivity contribution in [2.75, 3.05) is 13.2 Å². The molecule has 1 aliphatic rings. The first-order valence-corrected chi connectivity index (χ1v) is 7.11. The van der Waals surface area contributed by atoms with Gasteiger partial charge in [-0.25, -0.2) is 0 Å². The third kappa shape index (κ3) is 2.99. The third-order valence-corrected chi connectivity index (χ3v) is 3.89. The van der Waals surface area contributed by atoms with Gasteiger partial charge in [-0.05, 0) is 44.0 Å². The summed E-state index contributed by atoms with van der Waals surface area (Å²) in [7, 11) is 0. The van der Waals surface area contributed by atoms with Crippen LogP contribution in [-0.2, 0) is 0 Å². The zero-order valence-corrected chi connectivity index (χ0v) is 11.5. The number of nitrogens with one attached hydrogen (secondary N) is 1. The molecule has 4 heteroatoms. The fourth-order valence-corrected chi connectivity index (χ4v) is 2.72.